The highest BCUT2D eigenvalue weighted by atomic mass is 16.2. The Kier molecular flexibility index (Phi) is 9.19. The van der Waals surface area contributed by atoms with Crippen molar-refractivity contribution in [3.63, 3.8) is 0 Å². The molecule has 1 aliphatic heterocycles. The maximum absolute atomic E-state index is 13.4. The van der Waals surface area contributed by atoms with Gasteiger partial charge in [0.15, 0.2) is 5.78 Å². The first-order valence-corrected chi connectivity index (χ1v) is 12.4. The molecule has 0 bridgehead atoms. The topological polar surface area (TPSA) is 170 Å². The monoisotopic (exact) mass is 493 g/mol. The van der Waals surface area contributed by atoms with Gasteiger partial charge >= 0.3 is 0 Å². The van der Waals surface area contributed by atoms with E-state index in [0.717, 1.165) is 17.5 Å². The fraction of sp³-hybridized carbons (Fsp3) is 0.407. The average molecular weight is 494 g/mol. The van der Waals surface area contributed by atoms with Crippen molar-refractivity contribution in [1.82, 2.24) is 5.32 Å². The molecule has 0 aliphatic carbocycles. The number of nitrogen functional groups attached to an aromatic ring is 1. The van der Waals surface area contributed by atoms with Crippen LogP contribution in [-0.4, -0.2) is 36.1 Å². The SMILES string of the molecule is CC[C@@H]1NC(=O)c2cc(N)ccc2CCc2ccc(C(N)=O)cc2NC(=O)[C@H](CCCCN)CC1=O. The smallest absolute Gasteiger partial charge is 0.252 e. The molecule has 0 fully saturated rings. The van der Waals surface area contributed by atoms with Crippen LogP contribution in [0.4, 0.5) is 11.4 Å². The zero-order chi connectivity index (χ0) is 26.2. The lowest BCUT2D eigenvalue weighted by molar-refractivity contribution is -0.127. The number of hydrogen-bond acceptors (Lipinski definition) is 6. The number of primary amides is 1. The minimum Gasteiger partial charge on any atom is -0.399 e. The number of amides is 3. The lowest BCUT2D eigenvalue weighted by Crippen LogP contribution is -2.42. The number of nitrogens with two attached hydrogens (primary N) is 3. The third-order valence-electron chi connectivity index (χ3n) is 6.62. The summed E-state index contributed by atoms with van der Waals surface area (Å²) >= 11 is 0. The van der Waals surface area contributed by atoms with E-state index in [2.05, 4.69) is 10.6 Å². The summed E-state index contributed by atoms with van der Waals surface area (Å²) in [5.74, 6) is -2.11. The van der Waals surface area contributed by atoms with Gasteiger partial charge in [0, 0.05) is 34.8 Å². The number of nitrogens with one attached hydrogen (secondary N) is 2. The summed E-state index contributed by atoms with van der Waals surface area (Å²) in [5.41, 5.74) is 20.2. The molecule has 2 aromatic carbocycles. The summed E-state index contributed by atoms with van der Waals surface area (Å²) in [6.07, 6.45) is 3.23. The summed E-state index contributed by atoms with van der Waals surface area (Å²) in [6, 6.07) is 9.33. The second-order valence-corrected chi connectivity index (χ2v) is 9.23. The quantitative estimate of drug-likeness (QED) is 0.305. The van der Waals surface area contributed by atoms with Crippen LogP contribution < -0.4 is 27.8 Å². The number of anilines is 2. The number of carbonyl (C=O) groups is 4. The Bertz CT molecular complexity index is 1150. The minimum absolute atomic E-state index is 0.0240. The molecular weight excluding hydrogens is 458 g/mol. The fourth-order valence-electron chi connectivity index (χ4n) is 4.48. The number of benzene rings is 2. The van der Waals surface area contributed by atoms with Gasteiger partial charge in [-0.2, -0.15) is 0 Å². The van der Waals surface area contributed by atoms with Gasteiger partial charge in [0.25, 0.3) is 5.91 Å². The molecule has 192 valence electrons. The standard InChI is InChI=1S/C27H35N5O4/c1-2-22-24(33)14-19(5-3-4-12-28)26(35)32-23-13-18(25(30)34)9-8-17(23)7-6-16-10-11-20(29)15-21(16)27(36)31-22/h8-11,13,15,19,22H,2-7,12,14,28-29H2,1H3,(H2,30,34)(H,31,36)(H,32,35)/t19-,22+/m1/s1. The molecule has 1 aliphatic rings. The van der Waals surface area contributed by atoms with Gasteiger partial charge < -0.3 is 27.8 Å². The van der Waals surface area contributed by atoms with E-state index in [9.17, 15) is 19.2 Å². The van der Waals surface area contributed by atoms with Crippen LogP contribution in [-0.2, 0) is 22.4 Å². The first kappa shape index (κ1) is 26.9. The van der Waals surface area contributed by atoms with E-state index in [-0.39, 0.29) is 29.6 Å². The first-order chi connectivity index (χ1) is 17.2. The van der Waals surface area contributed by atoms with Gasteiger partial charge in [0.2, 0.25) is 11.8 Å². The normalized spacial score (nSPS) is 18.9. The van der Waals surface area contributed by atoms with Crippen molar-refractivity contribution in [3.8, 4) is 0 Å². The van der Waals surface area contributed by atoms with E-state index in [0.29, 0.717) is 55.6 Å². The Hall–Kier alpha value is -3.72. The number of unbranched alkanes of at least 4 members (excludes halogenated alkanes) is 1. The molecule has 3 rings (SSSR count). The molecule has 36 heavy (non-hydrogen) atoms. The van der Waals surface area contributed by atoms with Crippen molar-refractivity contribution in [1.29, 1.82) is 0 Å². The van der Waals surface area contributed by atoms with E-state index in [1.165, 1.54) is 0 Å². The molecule has 0 unspecified atom stereocenters. The second kappa shape index (κ2) is 12.3. The molecule has 0 radical (unpaired) electrons. The van der Waals surface area contributed by atoms with E-state index < -0.39 is 17.9 Å². The number of rotatable bonds is 6. The van der Waals surface area contributed by atoms with Gasteiger partial charge in [-0.25, -0.2) is 0 Å². The molecule has 9 heteroatoms. The minimum atomic E-state index is -0.728. The number of ketones is 1. The van der Waals surface area contributed by atoms with Crippen LogP contribution in [0.25, 0.3) is 0 Å². The summed E-state index contributed by atoms with van der Waals surface area (Å²) < 4.78 is 0. The van der Waals surface area contributed by atoms with Gasteiger partial charge in [-0.1, -0.05) is 25.5 Å². The number of Topliss-reactive ketones (excluding diaryl/α,β-unsaturated/α-hetero) is 1. The van der Waals surface area contributed by atoms with E-state index >= 15 is 0 Å². The maximum atomic E-state index is 13.4. The molecule has 9 nitrogen and oxygen atoms in total. The Balaban J connectivity index is 2.06. The zero-order valence-electron chi connectivity index (χ0n) is 20.6. The zero-order valence-corrected chi connectivity index (χ0v) is 20.6. The lowest BCUT2D eigenvalue weighted by atomic mass is 9.90. The second-order valence-electron chi connectivity index (χ2n) is 9.23. The predicted octanol–water partition coefficient (Wildman–Crippen LogP) is 2.32. The largest absolute Gasteiger partial charge is 0.399 e. The molecular formula is C27H35N5O4. The highest BCUT2D eigenvalue weighted by Gasteiger charge is 2.28. The maximum Gasteiger partial charge on any atom is 0.252 e. The summed E-state index contributed by atoms with van der Waals surface area (Å²) in [5, 5.41) is 5.79. The van der Waals surface area contributed by atoms with Crippen LogP contribution in [0, 0.1) is 5.92 Å². The molecule has 0 saturated carbocycles. The van der Waals surface area contributed by atoms with Crippen molar-refractivity contribution in [2.24, 2.45) is 17.4 Å². The summed E-state index contributed by atoms with van der Waals surface area (Å²) in [7, 11) is 0. The molecule has 1 heterocycles. The number of aryl methyl sites for hydroxylation is 2. The Morgan fingerprint density at radius 1 is 1.03 bits per heavy atom. The lowest BCUT2D eigenvalue weighted by Gasteiger charge is -2.23. The third kappa shape index (κ3) is 6.69. The van der Waals surface area contributed by atoms with Crippen molar-refractivity contribution in [3.05, 3.63) is 58.7 Å². The number of hydrogen-bond donors (Lipinski definition) is 5. The molecule has 0 aromatic heterocycles. The summed E-state index contributed by atoms with van der Waals surface area (Å²) in [6.45, 7) is 2.31. The Morgan fingerprint density at radius 2 is 1.75 bits per heavy atom. The first-order valence-electron chi connectivity index (χ1n) is 12.4. The van der Waals surface area contributed by atoms with Gasteiger partial charge in [-0.15, -0.1) is 0 Å². The molecule has 8 N–H and O–H groups in total. The van der Waals surface area contributed by atoms with Crippen LogP contribution in [0.2, 0.25) is 0 Å². The number of fused-ring (bicyclic) bond motifs is 2. The van der Waals surface area contributed by atoms with Crippen molar-refractivity contribution >= 4 is 34.9 Å². The van der Waals surface area contributed by atoms with Gasteiger partial charge in [-0.3, -0.25) is 19.2 Å². The predicted molar refractivity (Wildman–Crippen MR) is 139 cm³/mol. The highest BCUT2D eigenvalue weighted by Crippen LogP contribution is 2.25. The van der Waals surface area contributed by atoms with Gasteiger partial charge in [-0.05, 0) is 74.0 Å². The van der Waals surface area contributed by atoms with Crippen molar-refractivity contribution in [2.45, 2.75) is 57.9 Å². The average Bonchev–Trinajstić information content (AvgIpc) is 2.85. The Labute approximate surface area is 211 Å². The molecule has 0 spiro atoms. The van der Waals surface area contributed by atoms with Crippen LogP contribution in [0.1, 0.15) is 70.9 Å². The third-order valence-corrected chi connectivity index (χ3v) is 6.62. The molecule has 3 amide bonds. The number of carbonyl (C=O) groups excluding carboxylic acids is 4. The molecule has 0 saturated heterocycles. The van der Waals surface area contributed by atoms with E-state index in [4.69, 9.17) is 17.2 Å². The van der Waals surface area contributed by atoms with E-state index in [1.54, 1.807) is 36.4 Å². The highest BCUT2D eigenvalue weighted by molar-refractivity contribution is 6.02. The van der Waals surface area contributed by atoms with Crippen LogP contribution in [0.3, 0.4) is 0 Å². The van der Waals surface area contributed by atoms with Gasteiger partial charge in [0.1, 0.15) is 0 Å². The summed E-state index contributed by atoms with van der Waals surface area (Å²) in [4.78, 5) is 51.6. The fourth-order valence-corrected chi connectivity index (χ4v) is 4.48. The van der Waals surface area contributed by atoms with E-state index in [1.807, 2.05) is 6.92 Å². The van der Waals surface area contributed by atoms with Crippen LogP contribution in [0.15, 0.2) is 36.4 Å². The van der Waals surface area contributed by atoms with Gasteiger partial charge in [0.05, 0.1) is 6.04 Å². The molecule has 2 atom stereocenters. The van der Waals surface area contributed by atoms with Crippen LogP contribution in [0.5, 0.6) is 0 Å². The van der Waals surface area contributed by atoms with Crippen LogP contribution >= 0.6 is 0 Å². The van der Waals surface area contributed by atoms with Crippen molar-refractivity contribution < 1.29 is 19.2 Å². The Morgan fingerprint density at radius 3 is 2.44 bits per heavy atom. The van der Waals surface area contributed by atoms with Crippen molar-refractivity contribution in [2.75, 3.05) is 17.6 Å². The molecule has 2 aromatic rings.